The van der Waals surface area contributed by atoms with Crippen molar-refractivity contribution in [2.24, 2.45) is 7.05 Å². The molecule has 3 aromatic rings. The molecular weight excluding hydrogens is 478 g/mol. The third kappa shape index (κ3) is 6.50. The van der Waals surface area contributed by atoms with Crippen LogP contribution >= 0.6 is 11.3 Å². The van der Waals surface area contributed by atoms with E-state index in [0.29, 0.717) is 21.2 Å². The van der Waals surface area contributed by atoms with Crippen molar-refractivity contribution >= 4 is 46.7 Å². The van der Waals surface area contributed by atoms with Crippen molar-refractivity contribution in [1.82, 2.24) is 4.57 Å². The van der Waals surface area contributed by atoms with E-state index in [1.54, 1.807) is 17.7 Å². The highest BCUT2D eigenvalue weighted by Gasteiger charge is 2.20. The SMILES string of the molecule is C=CC/C(C#N)=c1/s/c(=C\c2ccc3c(c2)CCN3c2ccc(C)cc2)c(=O)n1C.O=C=O.O=C=O. The second-order valence-corrected chi connectivity index (χ2v) is 8.69. The molecule has 1 aliphatic heterocycles. The van der Waals surface area contributed by atoms with Crippen LogP contribution in [-0.4, -0.2) is 23.4 Å². The maximum Gasteiger partial charge on any atom is 0.373 e. The van der Waals surface area contributed by atoms with E-state index < -0.39 is 0 Å². The van der Waals surface area contributed by atoms with Gasteiger partial charge in [0.1, 0.15) is 4.66 Å². The third-order valence-corrected chi connectivity index (χ3v) is 6.64. The van der Waals surface area contributed by atoms with Crippen molar-refractivity contribution in [3.05, 3.63) is 91.4 Å². The van der Waals surface area contributed by atoms with Crippen molar-refractivity contribution in [3.63, 3.8) is 0 Å². The molecule has 8 nitrogen and oxygen atoms in total. The standard InChI is InChI=1S/C25H23N3OS.2CO2/c1-4-5-20(16-26)25-27(3)24(29)23(30-25)15-18-8-11-22-19(14-18)12-13-28(22)21-9-6-17(2)7-10-21;2*2-1-3/h4,6-11,14-15H,1,5,12-13H2,2-3H3;;/b23-15-,25-20-;;. The van der Waals surface area contributed by atoms with Gasteiger partial charge < -0.3 is 9.47 Å². The Morgan fingerprint density at radius 2 is 1.75 bits per heavy atom. The molecule has 2 aromatic carbocycles. The number of nitrogens with zero attached hydrogens (tertiary/aromatic N) is 3. The Bertz CT molecular complexity index is 1520. The second-order valence-electron chi connectivity index (χ2n) is 7.66. The molecule has 1 aromatic heterocycles. The predicted octanol–water partition coefficient (Wildman–Crippen LogP) is 2.36. The third-order valence-electron chi connectivity index (χ3n) is 5.41. The van der Waals surface area contributed by atoms with Gasteiger partial charge in [-0.05, 0) is 54.8 Å². The number of aromatic nitrogens is 1. The van der Waals surface area contributed by atoms with Crippen LogP contribution in [0.25, 0.3) is 11.6 Å². The van der Waals surface area contributed by atoms with Crippen LogP contribution < -0.4 is 19.7 Å². The van der Waals surface area contributed by atoms with E-state index in [1.807, 2.05) is 6.08 Å². The highest BCUT2D eigenvalue weighted by molar-refractivity contribution is 7.07. The summed E-state index contributed by atoms with van der Waals surface area (Å²) >= 11 is 1.36. The Balaban J connectivity index is 0.000000693. The quantitative estimate of drug-likeness (QED) is 0.504. The van der Waals surface area contributed by atoms with Crippen LogP contribution in [0.3, 0.4) is 0 Å². The van der Waals surface area contributed by atoms with E-state index in [9.17, 15) is 10.1 Å². The van der Waals surface area contributed by atoms with Gasteiger partial charge in [0, 0.05) is 31.4 Å². The van der Waals surface area contributed by atoms with Gasteiger partial charge in [0.2, 0.25) is 0 Å². The maximum atomic E-state index is 12.7. The molecule has 0 N–H and O–H groups in total. The van der Waals surface area contributed by atoms with Gasteiger partial charge in [-0.2, -0.15) is 24.4 Å². The van der Waals surface area contributed by atoms with Crippen molar-refractivity contribution in [1.29, 1.82) is 5.26 Å². The number of rotatable bonds is 4. The molecule has 0 bridgehead atoms. The summed E-state index contributed by atoms with van der Waals surface area (Å²) in [7, 11) is 1.72. The first-order valence-electron chi connectivity index (χ1n) is 10.7. The van der Waals surface area contributed by atoms with Crippen molar-refractivity contribution in [2.45, 2.75) is 19.8 Å². The van der Waals surface area contributed by atoms with Gasteiger partial charge in [-0.3, -0.25) is 4.79 Å². The van der Waals surface area contributed by atoms with E-state index in [0.717, 1.165) is 18.5 Å². The zero-order valence-electron chi connectivity index (χ0n) is 19.8. The van der Waals surface area contributed by atoms with Gasteiger partial charge in [0.15, 0.2) is 0 Å². The number of hydrogen-bond acceptors (Lipinski definition) is 8. The summed E-state index contributed by atoms with van der Waals surface area (Å²) in [4.78, 5) is 47.5. The Morgan fingerprint density at radius 1 is 1.11 bits per heavy atom. The molecular formula is C27H23N3O5S. The molecule has 0 atom stereocenters. The molecule has 9 heteroatoms. The van der Waals surface area contributed by atoms with Gasteiger partial charge in [0.25, 0.3) is 5.56 Å². The minimum absolute atomic E-state index is 0.0754. The van der Waals surface area contributed by atoms with Crippen LogP contribution in [-0.2, 0) is 32.6 Å². The summed E-state index contributed by atoms with van der Waals surface area (Å²) in [6.07, 6.45) is 5.54. The molecule has 36 heavy (non-hydrogen) atoms. The summed E-state index contributed by atoms with van der Waals surface area (Å²) < 4.78 is 2.89. The zero-order chi connectivity index (χ0) is 26.7. The van der Waals surface area contributed by atoms with Gasteiger partial charge in [0.05, 0.1) is 16.2 Å². The molecule has 0 aliphatic carbocycles. The number of nitriles is 1. The Hall–Kier alpha value is -4.60. The molecule has 0 saturated heterocycles. The number of fused-ring (bicyclic) bond motifs is 1. The van der Waals surface area contributed by atoms with E-state index in [4.69, 9.17) is 19.2 Å². The summed E-state index contributed by atoms with van der Waals surface area (Å²) in [5.74, 6) is 0. The van der Waals surface area contributed by atoms with Crippen LogP contribution in [0.15, 0.2) is 59.9 Å². The monoisotopic (exact) mass is 501 g/mol. The van der Waals surface area contributed by atoms with Crippen molar-refractivity contribution in [3.8, 4) is 6.07 Å². The lowest BCUT2D eigenvalue weighted by atomic mass is 10.1. The number of benzene rings is 2. The molecule has 0 saturated carbocycles. The lowest BCUT2D eigenvalue weighted by Gasteiger charge is -2.19. The number of hydrogen-bond donors (Lipinski definition) is 0. The summed E-state index contributed by atoms with van der Waals surface area (Å²) in [5.41, 5.74) is 6.47. The highest BCUT2D eigenvalue weighted by atomic mass is 32.1. The minimum atomic E-state index is -0.0754. The molecule has 0 fully saturated rings. The average Bonchev–Trinajstić information content (AvgIpc) is 3.40. The summed E-state index contributed by atoms with van der Waals surface area (Å²) in [6.45, 7) is 6.75. The zero-order valence-corrected chi connectivity index (χ0v) is 20.6. The van der Waals surface area contributed by atoms with E-state index in [1.165, 1.54) is 33.8 Å². The highest BCUT2D eigenvalue weighted by Crippen LogP contribution is 2.35. The van der Waals surface area contributed by atoms with Crippen LogP contribution in [0.1, 0.15) is 23.1 Å². The fraction of sp³-hybridized carbons (Fsp3) is 0.185. The normalized spacial score (nSPS) is 12.5. The number of aryl methyl sites for hydroxylation is 1. The molecule has 0 radical (unpaired) electrons. The van der Waals surface area contributed by atoms with Crippen LogP contribution in [0.4, 0.5) is 11.4 Å². The molecule has 2 heterocycles. The smallest absolute Gasteiger partial charge is 0.341 e. The van der Waals surface area contributed by atoms with Crippen LogP contribution in [0, 0.1) is 18.3 Å². The Labute approximate surface area is 211 Å². The van der Waals surface area contributed by atoms with E-state index >= 15 is 0 Å². The number of allylic oxidation sites excluding steroid dienone is 1. The summed E-state index contributed by atoms with van der Waals surface area (Å²) in [6, 6.07) is 17.2. The number of carbonyl (C=O) groups excluding carboxylic acids is 4. The first-order chi connectivity index (χ1) is 17.3. The number of thiazole rings is 1. The van der Waals surface area contributed by atoms with Crippen molar-refractivity contribution < 1.29 is 19.2 Å². The lowest BCUT2D eigenvalue weighted by molar-refractivity contribution is -0.193. The molecule has 1 aliphatic rings. The Morgan fingerprint density at radius 3 is 2.33 bits per heavy atom. The molecule has 0 amide bonds. The minimum Gasteiger partial charge on any atom is -0.341 e. The topological polar surface area (TPSA) is 117 Å². The first kappa shape index (κ1) is 27.6. The van der Waals surface area contributed by atoms with Gasteiger partial charge >= 0.3 is 12.3 Å². The van der Waals surface area contributed by atoms with E-state index in [2.05, 4.69) is 66.9 Å². The van der Waals surface area contributed by atoms with Crippen molar-refractivity contribution in [2.75, 3.05) is 11.4 Å². The molecule has 0 spiro atoms. The lowest BCUT2D eigenvalue weighted by Crippen LogP contribution is -2.29. The summed E-state index contributed by atoms with van der Waals surface area (Å²) in [5, 5.41) is 9.41. The van der Waals surface area contributed by atoms with Crippen LogP contribution in [0.2, 0.25) is 0 Å². The molecule has 0 unspecified atom stereocenters. The molecule has 182 valence electrons. The first-order valence-corrected chi connectivity index (χ1v) is 11.5. The Kier molecular flexibility index (Phi) is 10.2. The van der Waals surface area contributed by atoms with Gasteiger partial charge in [-0.1, -0.05) is 29.8 Å². The molecule has 4 rings (SSSR count). The number of anilines is 2. The van der Waals surface area contributed by atoms with Gasteiger partial charge in [-0.25, -0.2) is 0 Å². The predicted molar refractivity (Wildman–Crippen MR) is 135 cm³/mol. The van der Waals surface area contributed by atoms with Gasteiger partial charge in [-0.15, -0.1) is 17.9 Å². The largest absolute Gasteiger partial charge is 0.373 e. The fourth-order valence-corrected chi connectivity index (χ4v) is 4.91. The van der Waals surface area contributed by atoms with Crippen LogP contribution in [0.5, 0.6) is 0 Å². The fourth-order valence-electron chi connectivity index (χ4n) is 3.81. The maximum absolute atomic E-state index is 12.7. The van der Waals surface area contributed by atoms with E-state index in [-0.39, 0.29) is 17.9 Å². The average molecular weight is 502 g/mol. The second kappa shape index (κ2) is 13.3.